The Morgan fingerprint density at radius 2 is 1.96 bits per heavy atom. The maximum atomic E-state index is 13.0. The van der Waals surface area contributed by atoms with Crippen molar-refractivity contribution in [1.82, 2.24) is 9.55 Å². The van der Waals surface area contributed by atoms with E-state index < -0.39 is 17.1 Å². The molecule has 3 rings (SSSR count). The molecule has 1 aromatic carbocycles. The molecule has 1 saturated heterocycles. The molecule has 150 valence electrons. The van der Waals surface area contributed by atoms with Gasteiger partial charge in [0.1, 0.15) is 13.1 Å². The van der Waals surface area contributed by atoms with Gasteiger partial charge >= 0.3 is 5.69 Å². The molecule has 0 atom stereocenters. The number of rotatable bonds is 6. The lowest BCUT2D eigenvalue weighted by molar-refractivity contribution is -0.906. The van der Waals surface area contributed by atoms with E-state index in [9.17, 15) is 14.7 Å². The standard InChI is InChI=1S/C19H23ClN4O4/c1-2-15(21-7-8-23-9-11-28-12-10-23)16-17(25)22-19(27)24(18(16)26)14-5-3-13(20)4-6-14/h3-6,26H,2,7-12H2,1H3,(H,22,25,27). The lowest BCUT2D eigenvalue weighted by Crippen LogP contribution is -3.14. The number of benzene rings is 1. The van der Waals surface area contributed by atoms with Gasteiger partial charge in [-0.3, -0.25) is 19.3 Å². The molecule has 1 aliphatic rings. The van der Waals surface area contributed by atoms with Crippen molar-refractivity contribution in [3.8, 4) is 11.6 Å². The van der Waals surface area contributed by atoms with Crippen LogP contribution in [0.1, 0.15) is 18.9 Å². The predicted molar refractivity (Wildman–Crippen MR) is 105 cm³/mol. The Labute approximate surface area is 167 Å². The quantitative estimate of drug-likeness (QED) is 0.623. The smallest absolute Gasteiger partial charge is 0.332 e. The van der Waals surface area contributed by atoms with Crippen LogP contribution < -0.4 is 21.3 Å². The van der Waals surface area contributed by atoms with E-state index in [1.165, 1.54) is 4.90 Å². The van der Waals surface area contributed by atoms with Gasteiger partial charge in [-0.15, -0.1) is 0 Å². The lowest BCUT2D eigenvalue weighted by atomic mass is 10.1. The molecule has 2 heterocycles. The van der Waals surface area contributed by atoms with Gasteiger partial charge in [0.25, 0.3) is 5.56 Å². The predicted octanol–water partition coefficient (Wildman–Crippen LogP) is -0.633. The number of ether oxygens (including phenoxy) is 1. The first-order valence-electron chi connectivity index (χ1n) is 9.28. The molecule has 0 aliphatic carbocycles. The summed E-state index contributed by atoms with van der Waals surface area (Å²) in [7, 11) is 0. The van der Waals surface area contributed by atoms with Crippen LogP contribution in [-0.4, -0.2) is 54.7 Å². The summed E-state index contributed by atoms with van der Waals surface area (Å²) in [6.07, 6.45) is 0.412. The molecule has 1 aliphatic heterocycles. The number of hydrogen-bond acceptors (Lipinski definition) is 5. The van der Waals surface area contributed by atoms with Crippen LogP contribution in [0, 0.1) is 0 Å². The van der Waals surface area contributed by atoms with Gasteiger partial charge in [-0.25, -0.2) is 4.79 Å². The molecule has 0 spiro atoms. The first-order chi connectivity index (χ1) is 13.5. The van der Waals surface area contributed by atoms with Crippen molar-refractivity contribution < 1.29 is 14.7 Å². The molecule has 0 unspecified atom stereocenters. The van der Waals surface area contributed by atoms with Crippen LogP contribution in [0.3, 0.4) is 0 Å². The number of morpholine rings is 1. The topological polar surface area (TPSA) is 104 Å². The molecule has 1 fully saturated rings. The van der Waals surface area contributed by atoms with E-state index >= 15 is 0 Å². The average Bonchev–Trinajstić information content (AvgIpc) is 2.68. The van der Waals surface area contributed by atoms with E-state index in [4.69, 9.17) is 16.3 Å². The van der Waals surface area contributed by atoms with E-state index in [0.717, 1.165) is 37.4 Å². The number of H-pyrrole nitrogens is 1. The summed E-state index contributed by atoms with van der Waals surface area (Å²) in [6, 6.07) is 6.26. The molecule has 9 heteroatoms. The van der Waals surface area contributed by atoms with Crippen molar-refractivity contribution in [2.24, 2.45) is 4.99 Å². The van der Waals surface area contributed by atoms with Crippen LogP contribution in [0.15, 0.2) is 38.8 Å². The van der Waals surface area contributed by atoms with Gasteiger partial charge in [-0.2, -0.15) is 0 Å². The Morgan fingerprint density at radius 3 is 2.61 bits per heavy atom. The fourth-order valence-corrected chi connectivity index (χ4v) is 3.35. The van der Waals surface area contributed by atoms with Crippen LogP contribution in [-0.2, 0) is 4.74 Å². The number of quaternary nitrogens is 1. The Balaban J connectivity index is 1.93. The van der Waals surface area contributed by atoms with Gasteiger partial charge in [0, 0.05) is 16.4 Å². The second-order valence-electron chi connectivity index (χ2n) is 6.55. The van der Waals surface area contributed by atoms with E-state index in [-0.39, 0.29) is 5.56 Å². The zero-order valence-electron chi connectivity index (χ0n) is 15.7. The first kappa shape index (κ1) is 20.3. The largest absolute Gasteiger partial charge is 0.859 e. The van der Waals surface area contributed by atoms with Gasteiger partial charge in [-0.1, -0.05) is 18.5 Å². The first-order valence-corrected chi connectivity index (χ1v) is 9.66. The molecular weight excluding hydrogens is 384 g/mol. The zero-order valence-corrected chi connectivity index (χ0v) is 16.4. The van der Waals surface area contributed by atoms with Crippen LogP contribution >= 0.6 is 11.6 Å². The number of aromatic amines is 1. The summed E-state index contributed by atoms with van der Waals surface area (Å²) >= 11 is 5.88. The van der Waals surface area contributed by atoms with Crippen molar-refractivity contribution >= 4 is 17.3 Å². The number of aromatic nitrogens is 2. The van der Waals surface area contributed by atoms with Crippen LogP contribution in [0.5, 0.6) is 5.88 Å². The Bertz CT molecular complexity index is 959. The van der Waals surface area contributed by atoms with Crippen LogP contribution in [0.4, 0.5) is 0 Å². The highest BCUT2D eigenvalue weighted by Crippen LogP contribution is 2.17. The molecule has 2 aromatic rings. The van der Waals surface area contributed by atoms with Gasteiger partial charge in [0.2, 0.25) is 0 Å². The number of nitrogens with zero attached hydrogens (tertiary/aromatic N) is 2. The summed E-state index contributed by atoms with van der Waals surface area (Å²) in [5.41, 5.74) is -0.838. The molecule has 28 heavy (non-hydrogen) atoms. The number of aliphatic imine (C=N–C) groups is 1. The highest BCUT2D eigenvalue weighted by atomic mass is 35.5. The normalized spacial score (nSPS) is 15.7. The molecule has 0 bridgehead atoms. The van der Waals surface area contributed by atoms with Crippen molar-refractivity contribution in [2.45, 2.75) is 13.3 Å². The van der Waals surface area contributed by atoms with Crippen LogP contribution in [0.25, 0.3) is 5.69 Å². The second kappa shape index (κ2) is 9.18. The molecular formula is C19H23ClN4O4. The molecule has 0 amide bonds. The maximum Gasteiger partial charge on any atom is 0.332 e. The summed E-state index contributed by atoms with van der Waals surface area (Å²) in [5, 5.41) is 13.5. The molecule has 8 nitrogen and oxygen atoms in total. The van der Waals surface area contributed by atoms with Gasteiger partial charge in [0.15, 0.2) is 0 Å². The van der Waals surface area contributed by atoms with Crippen molar-refractivity contribution in [1.29, 1.82) is 0 Å². The summed E-state index contributed by atoms with van der Waals surface area (Å²) < 4.78 is 6.27. The van der Waals surface area contributed by atoms with E-state index in [1.54, 1.807) is 24.3 Å². The monoisotopic (exact) mass is 406 g/mol. The summed E-state index contributed by atoms with van der Waals surface area (Å²) in [6.45, 7) is 6.44. The van der Waals surface area contributed by atoms with Crippen LogP contribution in [0.2, 0.25) is 5.02 Å². The Hall–Kier alpha value is -2.42. The highest BCUT2D eigenvalue weighted by Gasteiger charge is 2.16. The number of hydrogen-bond donors (Lipinski definition) is 2. The summed E-state index contributed by atoms with van der Waals surface area (Å²) in [4.78, 5) is 32.7. The maximum absolute atomic E-state index is 13.0. The fourth-order valence-electron chi connectivity index (χ4n) is 3.22. The molecule has 1 aromatic heterocycles. The van der Waals surface area contributed by atoms with Gasteiger partial charge in [0.05, 0.1) is 31.9 Å². The number of halogens is 1. The van der Waals surface area contributed by atoms with E-state index in [2.05, 4.69) is 9.98 Å². The van der Waals surface area contributed by atoms with Crippen molar-refractivity contribution in [3.05, 3.63) is 55.7 Å². The van der Waals surface area contributed by atoms with Crippen molar-refractivity contribution in [3.63, 3.8) is 0 Å². The second-order valence-corrected chi connectivity index (χ2v) is 6.98. The van der Waals surface area contributed by atoms with Gasteiger partial charge in [-0.05, 0) is 36.6 Å². The zero-order chi connectivity index (χ0) is 20.1. The van der Waals surface area contributed by atoms with E-state index in [0.29, 0.717) is 29.4 Å². The fraction of sp³-hybridized carbons (Fsp3) is 0.421. The molecule has 0 radical (unpaired) electrons. The summed E-state index contributed by atoms with van der Waals surface area (Å²) in [5.74, 6) is -0.671. The minimum atomic E-state index is -0.783. The third kappa shape index (κ3) is 4.52. The van der Waals surface area contributed by atoms with E-state index in [1.807, 2.05) is 6.92 Å². The Morgan fingerprint density at radius 1 is 1.29 bits per heavy atom. The Kier molecular flexibility index (Phi) is 6.66. The third-order valence-corrected chi connectivity index (χ3v) is 5.00. The minimum Gasteiger partial charge on any atom is -0.859 e. The molecule has 0 saturated carbocycles. The average molecular weight is 407 g/mol. The lowest BCUT2D eigenvalue weighted by Gasteiger charge is -2.23. The third-order valence-electron chi connectivity index (χ3n) is 4.74. The molecule has 2 N–H and O–H groups in total. The minimum absolute atomic E-state index is 0.0889. The number of nitrogens with one attached hydrogen (secondary N) is 2. The van der Waals surface area contributed by atoms with Crippen molar-refractivity contribution in [2.75, 3.05) is 39.4 Å². The highest BCUT2D eigenvalue weighted by molar-refractivity contribution is 6.30. The SMILES string of the molecule is CCC(=NCC[NH+]1CCOCC1)c1c([O-])n(-c2ccc(Cl)cc2)c(=O)[nH]c1=O. The van der Waals surface area contributed by atoms with Gasteiger partial charge < -0.3 is 14.7 Å².